The highest BCUT2D eigenvalue weighted by Crippen LogP contribution is 2.10. The summed E-state index contributed by atoms with van der Waals surface area (Å²) in [7, 11) is 0. The van der Waals surface area contributed by atoms with E-state index >= 15 is 0 Å². The van der Waals surface area contributed by atoms with Crippen LogP contribution in [-0.2, 0) is 4.79 Å². The van der Waals surface area contributed by atoms with Gasteiger partial charge in [-0.15, -0.1) is 11.6 Å². The topological polar surface area (TPSA) is 63.5 Å². The van der Waals surface area contributed by atoms with Gasteiger partial charge in [-0.1, -0.05) is 0 Å². The summed E-state index contributed by atoms with van der Waals surface area (Å²) in [5.41, 5.74) is 1.90. The Labute approximate surface area is 108 Å². The molecule has 0 fully saturated rings. The quantitative estimate of drug-likeness (QED) is 0.837. The number of hydrogen-bond donors (Lipinski definition) is 1. The lowest BCUT2D eigenvalue weighted by atomic mass is 10.3. The number of halogens is 1. The summed E-state index contributed by atoms with van der Waals surface area (Å²) in [4.78, 5) is 27.7. The molecular weight excluding hydrogens is 254 g/mol. The van der Waals surface area contributed by atoms with Crippen LogP contribution in [-0.4, -0.2) is 21.2 Å². The van der Waals surface area contributed by atoms with Gasteiger partial charge in [0.2, 0.25) is 5.91 Å². The third kappa shape index (κ3) is 2.22. The maximum Gasteiger partial charge on any atom is 0.281 e. The van der Waals surface area contributed by atoms with Crippen LogP contribution in [0.3, 0.4) is 0 Å². The van der Waals surface area contributed by atoms with Gasteiger partial charge in [0.25, 0.3) is 5.56 Å². The summed E-state index contributed by atoms with van der Waals surface area (Å²) in [6.45, 7) is 3.60. The van der Waals surface area contributed by atoms with E-state index in [-0.39, 0.29) is 17.1 Å². The monoisotopic (exact) mass is 265 g/mol. The van der Waals surface area contributed by atoms with Crippen LogP contribution in [0.25, 0.3) is 5.65 Å². The van der Waals surface area contributed by atoms with E-state index in [1.807, 2.05) is 13.0 Å². The van der Waals surface area contributed by atoms with Crippen molar-refractivity contribution in [3.8, 4) is 0 Å². The van der Waals surface area contributed by atoms with Crippen molar-refractivity contribution in [3.05, 3.63) is 39.9 Å². The van der Waals surface area contributed by atoms with Gasteiger partial charge in [0.05, 0.1) is 5.69 Å². The molecule has 0 bridgehead atoms. The molecule has 1 amide bonds. The molecule has 6 heteroatoms. The molecule has 0 atom stereocenters. The van der Waals surface area contributed by atoms with Crippen LogP contribution in [0.5, 0.6) is 0 Å². The van der Waals surface area contributed by atoms with E-state index in [1.165, 1.54) is 4.40 Å². The molecule has 0 aliphatic heterocycles. The smallest absolute Gasteiger partial charge is 0.281 e. The molecular formula is C12H12ClN3O2. The average molecular weight is 266 g/mol. The highest BCUT2D eigenvalue weighted by atomic mass is 35.5. The Hall–Kier alpha value is -1.88. The molecule has 1 N–H and O–H groups in total. The summed E-state index contributed by atoms with van der Waals surface area (Å²) in [6, 6.07) is 3.61. The maximum atomic E-state index is 12.2. The first-order valence-electron chi connectivity index (χ1n) is 5.38. The zero-order valence-electron chi connectivity index (χ0n) is 10.0. The Balaban J connectivity index is 2.65. The van der Waals surface area contributed by atoms with Crippen LogP contribution in [0.1, 0.15) is 11.3 Å². The van der Waals surface area contributed by atoms with Crippen molar-refractivity contribution in [2.45, 2.75) is 13.8 Å². The number of nitrogens with zero attached hydrogens (tertiary/aromatic N) is 2. The second-order valence-electron chi connectivity index (χ2n) is 3.99. The number of amides is 1. The van der Waals surface area contributed by atoms with Gasteiger partial charge in [-0.3, -0.25) is 14.0 Å². The van der Waals surface area contributed by atoms with Crippen LogP contribution in [0.4, 0.5) is 5.69 Å². The molecule has 5 nitrogen and oxygen atoms in total. The van der Waals surface area contributed by atoms with E-state index in [2.05, 4.69) is 10.3 Å². The van der Waals surface area contributed by atoms with E-state index < -0.39 is 5.91 Å². The average Bonchev–Trinajstić information content (AvgIpc) is 2.33. The normalized spacial score (nSPS) is 10.6. The van der Waals surface area contributed by atoms with Crippen LogP contribution in [0, 0.1) is 13.8 Å². The number of anilines is 1. The molecule has 0 saturated carbocycles. The standard InChI is InChI=1S/C12H12ClN3O2/c1-7-3-4-16-9(5-7)14-8(2)11(12(16)18)15-10(17)6-13/h3-5H,6H2,1-2H3,(H,15,17). The Kier molecular flexibility index (Phi) is 3.34. The van der Waals surface area contributed by atoms with Crippen LogP contribution in [0.2, 0.25) is 0 Å². The van der Waals surface area contributed by atoms with Crippen molar-refractivity contribution in [2.24, 2.45) is 0 Å². The molecule has 0 radical (unpaired) electrons. The molecule has 2 rings (SSSR count). The van der Waals surface area contributed by atoms with Gasteiger partial charge in [-0.2, -0.15) is 0 Å². The first kappa shape index (κ1) is 12.6. The lowest BCUT2D eigenvalue weighted by Crippen LogP contribution is -2.25. The van der Waals surface area contributed by atoms with Crippen LogP contribution in [0.15, 0.2) is 23.1 Å². The van der Waals surface area contributed by atoms with E-state index in [1.54, 1.807) is 19.2 Å². The number of pyridine rings is 1. The van der Waals surface area contributed by atoms with Gasteiger partial charge in [-0.25, -0.2) is 4.98 Å². The van der Waals surface area contributed by atoms with Gasteiger partial charge in [0, 0.05) is 6.20 Å². The fourth-order valence-corrected chi connectivity index (χ4v) is 1.73. The molecule has 2 heterocycles. The molecule has 2 aromatic heterocycles. The SMILES string of the molecule is Cc1ccn2c(=O)c(NC(=O)CCl)c(C)nc2c1. The predicted molar refractivity (Wildman–Crippen MR) is 70.3 cm³/mol. The van der Waals surface area contributed by atoms with Gasteiger partial charge in [-0.05, 0) is 31.5 Å². The van der Waals surface area contributed by atoms with Crippen molar-refractivity contribution in [3.63, 3.8) is 0 Å². The highest BCUT2D eigenvalue weighted by Gasteiger charge is 2.11. The Morgan fingerprint density at radius 3 is 2.89 bits per heavy atom. The van der Waals surface area contributed by atoms with Gasteiger partial charge in [0.15, 0.2) is 0 Å². The summed E-state index contributed by atoms with van der Waals surface area (Å²) < 4.78 is 1.39. The number of alkyl halides is 1. The number of carbonyl (C=O) groups is 1. The molecule has 0 saturated heterocycles. The number of rotatable bonds is 2. The highest BCUT2D eigenvalue weighted by molar-refractivity contribution is 6.29. The van der Waals surface area contributed by atoms with Crippen molar-refractivity contribution in [1.82, 2.24) is 9.38 Å². The van der Waals surface area contributed by atoms with Crippen molar-refractivity contribution < 1.29 is 4.79 Å². The number of hydrogen-bond acceptors (Lipinski definition) is 3. The van der Waals surface area contributed by atoms with Gasteiger partial charge < -0.3 is 5.32 Å². The van der Waals surface area contributed by atoms with E-state index in [0.717, 1.165) is 5.56 Å². The second kappa shape index (κ2) is 4.78. The van der Waals surface area contributed by atoms with Crippen LogP contribution >= 0.6 is 11.6 Å². The van der Waals surface area contributed by atoms with E-state index in [9.17, 15) is 9.59 Å². The first-order valence-corrected chi connectivity index (χ1v) is 5.92. The fourth-order valence-electron chi connectivity index (χ4n) is 1.67. The van der Waals surface area contributed by atoms with Gasteiger partial charge in [0.1, 0.15) is 17.2 Å². The molecule has 0 aliphatic rings. The Morgan fingerprint density at radius 2 is 2.22 bits per heavy atom. The minimum atomic E-state index is -0.425. The third-order valence-corrected chi connectivity index (χ3v) is 2.80. The number of aromatic nitrogens is 2. The molecule has 18 heavy (non-hydrogen) atoms. The largest absolute Gasteiger partial charge is 0.319 e. The lowest BCUT2D eigenvalue weighted by molar-refractivity contribution is -0.113. The first-order chi connectivity index (χ1) is 8.52. The van der Waals surface area contributed by atoms with E-state index in [4.69, 9.17) is 11.6 Å². The molecule has 0 aliphatic carbocycles. The molecule has 94 valence electrons. The van der Waals surface area contributed by atoms with E-state index in [0.29, 0.717) is 11.3 Å². The predicted octanol–water partition coefficient (Wildman–Crippen LogP) is 1.49. The fraction of sp³-hybridized carbons (Fsp3) is 0.250. The maximum absolute atomic E-state index is 12.2. The van der Waals surface area contributed by atoms with Gasteiger partial charge >= 0.3 is 0 Å². The minimum absolute atomic E-state index is 0.169. The third-order valence-electron chi connectivity index (χ3n) is 2.55. The molecule has 0 spiro atoms. The summed E-state index contributed by atoms with van der Waals surface area (Å²) in [5, 5.41) is 2.47. The Morgan fingerprint density at radius 1 is 1.50 bits per heavy atom. The van der Waals surface area contributed by atoms with Crippen molar-refractivity contribution in [2.75, 3.05) is 11.2 Å². The molecule has 0 unspecified atom stereocenters. The van der Waals surface area contributed by atoms with Crippen LogP contribution < -0.4 is 10.9 Å². The summed E-state index contributed by atoms with van der Waals surface area (Å²) in [6.07, 6.45) is 1.63. The number of aryl methyl sites for hydroxylation is 2. The zero-order chi connectivity index (χ0) is 13.3. The summed E-state index contributed by atoms with van der Waals surface area (Å²) in [5.74, 6) is -0.624. The number of carbonyl (C=O) groups excluding carboxylic acids is 1. The van der Waals surface area contributed by atoms with Crippen molar-refractivity contribution in [1.29, 1.82) is 0 Å². The second-order valence-corrected chi connectivity index (χ2v) is 4.26. The molecule has 0 aromatic carbocycles. The Bertz CT molecular complexity index is 679. The molecule has 2 aromatic rings. The number of nitrogens with one attached hydrogen (secondary N) is 1. The minimum Gasteiger partial charge on any atom is -0.319 e. The van der Waals surface area contributed by atoms with Crippen molar-refractivity contribution >= 4 is 28.8 Å². The zero-order valence-corrected chi connectivity index (χ0v) is 10.8. The number of fused-ring (bicyclic) bond motifs is 1. The summed E-state index contributed by atoms with van der Waals surface area (Å²) >= 11 is 5.40. The lowest BCUT2D eigenvalue weighted by Gasteiger charge is -2.08.